The van der Waals surface area contributed by atoms with E-state index in [9.17, 15) is 14.4 Å². The van der Waals surface area contributed by atoms with Crippen molar-refractivity contribution in [2.75, 3.05) is 19.5 Å². The lowest BCUT2D eigenvalue weighted by molar-refractivity contribution is -0.128. The minimum atomic E-state index is -0.657. The van der Waals surface area contributed by atoms with Gasteiger partial charge in [-0.2, -0.15) is 0 Å². The van der Waals surface area contributed by atoms with Crippen molar-refractivity contribution in [1.82, 2.24) is 4.90 Å². The molecular weight excluding hydrogens is 449 g/mol. The Kier molecular flexibility index (Phi) is 7.02. The van der Waals surface area contributed by atoms with Crippen molar-refractivity contribution < 1.29 is 19.1 Å². The van der Waals surface area contributed by atoms with Crippen LogP contribution in [0.5, 0.6) is 0 Å². The van der Waals surface area contributed by atoms with E-state index in [4.69, 9.17) is 23.2 Å². The van der Waals surface area contributed by atoms with Crippen molar-refractivity contribution in [2.45, 2.75) is 11.7 Å². The van der Waals surface area contributed by atoms with Gasteiger partial charge in [0.25, 0.3) is 0 Å². The molecule has 7 nitrogen and oxygen atoms in total. The quantitative estimate of drug-likeness (QED) is 0.677. The molecule has 1 heterocycles. The Labute approximate surface area is 187 Å². The first-order valence-corrected chi connectivity index (χ1v) is 10.4. The maximum atomic E-state index is 12.7. The molecule has 1 aliphatic heterocycles. The number of methoxy groups -OCH3 is 1. The number of hydrogen-bond acceptors (Lipinski definition) is 6. The standard InChI is InChI=1S/C20H17Cl2N3O4S/c1-25-17(26)10-16(30-20(25)24-13-7-8-14(21)15(22)9-13)18(27)23-12-5-3-11(4-6-12)19(28)29-2/h3-9,16H,10H2,1-2H3,(H,23,27). The number of anilines is 1. The number of aliphatic imine (C=N–C) groups is 1. The van der Waals surface area contributed by atoms with Crippen LogP contribution in [-0.2, 0) is 14.3 Å². The highest BCUT2D eigenvalue weighted by Crippen LogP contribution is 2.31. The lowest BCUT2D eigenvalue weighted by atomic mass is 10.2. The van der Waals surface area contributed by atoms with Crippen molar-refractivity contribution in [3.05, 3.63) is 58.1 Å². The summed E-state index contributed by atoms with van der Waals surface area (Å²) in [6, 6.07) is 11.2. The first kappa shape index (κ1) is 22.1. The lowest BCUT2D eigenvalue weighted by Crippen LogP contribution is -2.43. The molecule has 1 saturated heterocycles. The zero-order valence-electron chi connectivity index (χ0n) is 16.0. The Morgan fingerprint density at radius 1 is 1.17 bits per heavy atom. The summed E-state index contributed by atoms with van der Waals surface area (Å²) in [6.07, 6.45) is 0.0354. The van der Waals surface area contributed by atoms with Gasteiger partial charge in [-0.15, -0.1) is 0 Å². The number of ether oxygens (including phenoxy) is 1. The predicted octanol–water partition coefficient (Wildman–Crippen LogP) is 4.37. The van der Waals surface area contributed by atoms with Crippen molar-refractivity contribution in [3.8, 4) is 0 Å². The minimum Gasteiger partial charge on any atom is -0.465 e. The normalized spacial score (nSPS) is 17.7. The van der Waals surface area contributed by atoms with Crippen LogP contribution in [0.25, 0.3) is 0 Å². The molecule has 10 heteroatoms. The van der Waals surface area contributed by atoms with Crippen LogP contribution in [0.3, 0.4) is 0 Å². The predicted molar refractivity (Wildman–Crippen MR) is 119 cm³/mol. The van der Waals surface area contributed by atoms with Crippen LogP contribution >= 0.6 is 35.0 Å². The molecule has 0 saturated carbocycles. The molecule has 0 bridgehead atoms. The molecule has 3 rings (SSSR count). The number of nitrogens with one attached hydrogen (secondary N) is 1. The summed E-state index contributed by atoms with van der Waals surface area (Å²) in [5, 5.41) is 3.22. The number of carbonyl (C=O) groups excluding carboxylic acids is 3. The third kappa shape index (κ3) is 5.13. The second-order valence-corrected chi connectivity index (χ2v) is 8.30. The second-order valence-electron chi connectivity index (χ2n) is 6.31. The molecule has 0 radical (unpaired) electrons. The molecule has 0 aliphatic carbocycles. The van der Waals surface area contributed by atoms with Crippen LogP contribution in [0.15, 0.2) is 47.5 Å². The highest BCUT2D eigenvalue weighted by atomic mass is 35.5. The molecular formula is C20H17Cl2N3O4S. The van der Waals surface area contributed by atoms with Gasteiger partial charge in [0.15, 0.2) is 5.17 Å². The number of carbonyl (C=O) groups is 3. The number of halogens is 2. The molecule has 2 aromatic carbocycles. The smallest absolute Gasteiger partial charge is 0.337 e. The van der Waals surface area contributed by atoms with E-state index in [2.05, 4.69) is 15.0 Å². The number of thioether (sulfide) groups is 1. The summed E-state index contributed by atoms with van der Waals surface area (Å²) < 4.78 is 4.65. The summed E-state index contributed by atoms with van der Waals surface area (Å²) in [5.74, 6) is -1.03. The summed E-state index contributed by atoms with van der Waals surface area (Å²) in [4.78, 5) is 42.4. The molecule has 0 aromatic heterocycles. The largest absolute Gasteiger partial charge is 0.465 e. The highest BCUT2D eigenvalue weighted by molar-refractivity contribution is 8.15. The molecule has 1 aliphatic rings. The number of amides is 2. The van der Waals surface area contributed by atoms with Gasteiger partial charge in [0.05, 0.1) is 28.4 Å². The third-order valence-electron chi connectivity index (χ3n) is 4.26. The van der Waals surface area contributed by atoms with Crippen molar-refractivity contribution in [3.63, 3.8) is 0 Å². The fourth-order valence-corrected chi connectivity index (χ4v) is 3.95. The van der Waals surface area contributed by atoms with Gasteiger partial charge in [-0.3, -0.25) is 14.5 Å². The highest BCUT2D eigenvalue weighted by Gasteiger charge is 2.34. The Hall–Kier alpha value is -2.55. The van der Waals surface area contributed by atoms with Crippen molar-refractivity contribution in [2.24, 2.45) is 4.99 Å². The summed E-state index contributed by atoms with van der Waals surface area (Å²) >= 11 is 13.1. The second kappa shape index (κ2) is 9.51. The average Bonchev–Trinajstić information content (AvgIpc) is 2.73. The molecule has 1 N–H and O–H groups in total. The van der Waals surface area contributed by atoms with Crippen LogP contribution in [0.4, 0.5) is 11.4 Å². The maximum absolute atomic E-state index is 12.7. The van der Waals surface area contributed by atoms with Crippen LogP contribution < -0.4 is 5.32 Å². The third-order valence-corrected chi connectivity index (χ3v) is 6.24. The molecule has 30 heavy (non-hydrogen) atoms. The number of nitrogens with zero attached hydrogens (tertiary/aromatic N) is 2. The lowest BCUT2D eigenvalue weighted by Gasteiger charge is -2.28. The number of hydrogen-bond donors (Lipinski definition) is 1. The van der Waals surface area contributed by atoms with Crippen LogP contribution in [0, 0.1) is 0 Å². The van der Waals surface area contributed by atoms with E-state index in [1.165, 1.54) is 23.8 Å². The maximum Gasteiger partial charge on any atom is 0.337 e. The van der Waals surface area contributed by atoms with Gasteiger partial charge >= 0.3 is 5.97 Å². The van der Waals surface area contributed by atoms with Crippen LogP contribution in [-0.4, -0.2) is 47.3 Å². The van der Waals surface area contributed by atoms with E-state index < -0.39 is 11.2 Å². The number of amidine groups is 1. The van der Waals surface area contributed by atoms with Gasteiger partial charge in [0.1, 0.15) is 5.25 Å². The molecule has 1 fully saturated rings. The first-order valence-electron chi connectivity index (χ1n) is 8.74. The van der Waals surface area contributed by atoms with E-state index in [1.807, 2.05) is 0 Å². The monoisotopic (exact) mass is 465 g/mol. The zero-order chi connectivity index (χ0) is 21.8. The fraction of sp³-hybridized carbons (Fsp3) is 0.200. The van der Waals surface area contributed by atoms with Gasteiger partial charge < -0.3 is 10.1 Å². The number of esters is 1. The Balaban J connectivity index is 1.74. The van der Waals surface area contributed by atoms with E-state index in [0.29, 0.717) is 32.2 Å². The van der Waals surface area contributed by atoms with Gasteiger partial charge in [-0.1, -0.05) is 35.0 Å². The van der Waals surface area contributed by atoms with Crippen LogP contribution in [0.1, 0.15) is 16.8 Å². The molecule has 1 atom stereocenters. The van der Waals surface area contributed by atoms with Gasteiger partial charge in [-0.05, 0) is 42.5 Å². The number of rotatable bonds is 4. The molecule has 2 aromatic rings. The Morgan fingerprint density at radius 2 is 1.87 bits per heavy atom. The summed E-state index contributed by atoms with van der Waals surface area (Å²) in [7, 11) is 2.90. The molecule has 2 amide bonds. The molecule has 0 spiro atoms. The van der Waals surface area contributed by atoms with Crippen molar-refractivity contribution >= 4 is 69.3 Å². The van der Waals surface area contributed by atoms with Gasteiger partial charge in [0.2, 0.25) is 11.8 Å². The van der Waals surface area contributed by atoms with Crippen molar-refractivity contribution in [1.29, 1.82) is 0 Å². The molecule has 156 valence electrons. The molecule has 1 unspecified atom stereocenters. The fourth-order valence-electron chi connectivity index (χ4n) is 2.59. The van der Waals surface area contributed by atoms with E-state index in [-0.39, 0.29) is 18.2 Å². The minimum absolute atomic E-state index is 0.0354. The SMILES string of the molecule is COC(=O)c1ccc(NC(=O)C2CC(=O)N(C)C(=Nc3ccc(Cl)c(Cl)c3)S2)cc1. The topological polar surface area (TPSA) is 88.1 Å². The van der Waals surface area contributed by atoms with Crippen LogP contribution in [0.2, 0.25) is 10.0 Å². The Morgan fingerprint density at radius 3 is 2.50 bits per heavy atom. The summed E-state index contributed by atoms with van der Waals surface area (Å²) in [6.45, 7) is 0. The Bertz CT molecular complexity index is 1030. The average molecular weight is 466 g/mol. The first-order chi connectivity index (χ1) is 14.3. The van der Waals surface area contributed by atoms with Gasteiger partial charge in [-0.25, -0.2) is 9.79 Å². The summed E-state index contributed by atoms with van der Waals surface area (Å²) in [5.41, 5.74) is 1.39. The zero-order valence-corrected chi connectivity index (χ0v) is 18.3. The van der Waals surface area contributed by atoms with E-state index >= 15 is 0 Å². The van der Waals surface area contributed by atoms with Gasteiger partial charge in [0, 0.05) is 19.2 Å². The van der Waals surface area contributed by atoms with E-state index in [0.717, 1.165) is 0 Å². The van der Waals surface area contributed by atoms with E-state index in [1.54, 1.807) is 49.5 Å². The number of benzene rings is 2.